The van der Waals surface area contributed by atoms with Gasteiger partial charge in [-0.25, -0.2) is 0 Å². The zero-order valence-corrected chi connectivity index (χ0v) is 18.9. The number of carbonyl (C=O) groups is 2. The standard InChI is InChI=1S/C24H26ClF2N3O3/c25-19-8-2-3-9-20(19)28-12-14-29(15-13-28)22(31)17-6-5-11-30(16-17)23(32)18-7-1-4-10-21(18)33-24(26)27/h1-4,7-10,17,24H,5-6,11-16H2. The lowest BCUT2D eigenvalue weighted by atomic mass is 9.95. The summed E-state index contributed by atoms with van der Waals surface area (Å²) in [7, 11) is 0. The van der Waals surface area contributed by atoms with Crippen LogP contribution in [0.1, 0.15) is 23.2 Å². The molecule has 0 spiro atoms. The third-order valence-corrected chi connectivity index (χ3v) is 6.50. The zero-order valence-electron chi connectivity index (χ0n) is 18.1. The Bertz CT molecular complexity index is 998. The normalized spacial score (nSPS) is 19.0. The number of anilines is 1. The van der Waals surface area contributed by atoms with Crippen molar-refractivity contribution in [3.05, 3.63) is 59.1 Å². The van der Waals surface area contributed by atoms with E-state index in [0.29, 0.717) is 50.6 Å². The molecule has 9 heteroatoms. The summed E-state index contributed by atoms with van der Waals surface area (Å²) < 4.78 is 30.0. The molecule has 2 aromatic rings. The van der Waals surface area contributed by atoms with E-state index in [1.807, 2.05) is 29.2 Å². The highest BCUT2D eigenvalue weighted by Gasteiger charge is 2.33. The predicted octanol–water partition coefficient (Wildman–Crippen LogP) is 4.14. The second-order valence-corrected chi connectivity index (χ2v) is 8.64. The van der Waals surface area contributed by atoms with Crippen LogP contribution >= 0.6 is 11.6 Å². The van der Waals surface area contributed by atoms with E-state index < -0.39 is 12.5 Å². The third kappa shape index (κ3) is 5.38. The maximum Gasteiger partial charge on any atom is 0.387 e. The van der Waals surface area contributed by atoms with Crippen molar-refractivity contribution >= 4 is 29.1 Å². The Morgan fingerprint density at radius 3 is 2.36 bits per heavy atom. The molecule has 2 saturated heterocycles. The van der Waals surface area contributed by atoms with Gasteiger partial charge in [0.15, 0.2) is 0 Å². The molecule has 4 rings (SSSR count). The first kappa shape index (κ1) is 23.3. The molecule has 0 N–H and O–H groups in total. The van der Waals surface area contributed by atoms with Gasteiger partial charge < -0.3 is 19.4 Å². The molecule has 2 heterocycles. The molecule has 1 atom stereocenters. The molecule has 33 heavy (non-hydrogen) atoms. The molecule has 2 aliphatic rings. The molecular formula is C24H26ClF2N3O3. The van der Waals surface area contributed by atoms with Gasteiger partial charge in [-0.1, -0.05) is 35.9 Å². The lowest BCUT2D eigenvalue weighted by molar-refractivity contribution is -0.137. The van der Waals surface area contributed by atoms with Crippen LogP contribution in [0.5, 0.6) is 5.75 Å². The Hall–Kier alpha value is -2.87. The SMILES string of the molecule is O=C(c1ccccc1OC(F)F)N1CCCC(C(=O)N2CCN(c3ccccc3Cl)CC2)C1. The van der Waals surface area contributed by atoms with Gasteiger partial charge in [-0.3, -0.25) is 9.59 Å². The quantitative estimate of drug-likeness (QED) is 0.649. The molecule has 2 fully saturated rings. The number of amides is 2. The number of hydrogen-bond acceptors (Lipinski definition) is 4. The molecule has 2 aliphatic heterocycles. The topological polar surface area (TPSA) is 53.1 Å². The Morgan fingerprint density at radius 2 is 1.64 bits per heavy atom. The van der Waals surface area contributed by atoms with Gasteiger partial charge >= 0.3 is 6.61 Å². The second kappa shape index (κ2) is 10.4. The number of piperidine rings is 1. The average molecular weight is 478 g/mol. The summed E-state index contributed by atoms with van der Waals surface area (Å²) in [5, 5.41) is 0.690. The van der Waals surface area contributed by atoms with E-state index in [9.17, 15) is 18.4 Å². The van der Waals surface area contributed by atoms with Crippen molar-refractivity contribution in [2.75, 3.05) is 44.2 Å². The summed E-state index contributed by atoms with van der Waals surface area (Å²) >= 11 is 6.30. The van der Waals surface area contributed by atoms with Crippen LogP contribution in [0.2, 0.25) is 5.02 Å². The van der Waals surface area contributed by atoms with E-state index >= 15 is 0 Å². The van der Waals surface area contributed by atoms with Gasteiger partial charge in [-0.05, 0) is 37.1 Å². The molecular weight excluding hydrogens is 452 g/mol. The van der Waals surface area contributed by atoms with E-state index in [0.717, 1.165) is 5.69 Å². The van der Waals surface area contributed by atoms with Gasteiger partial charge in [0.05, 0.1) is 22.2 Å². The van der Waals surface area contributed by atoms with Crippen molar-refractivity contribution in [2.45, 2.75) is 19.5 Å². The van der Waals surface area contributed by atoms with Crippen molar-refractivity contribution in [3.63, 3.8) is 0 Å². The lowest BCUT2D eigenvalue weighted by Crippen LogP contribution is -2.53. The predicted molar refractivity (Wildman–Crippen MR) is 122 cm³/mol. The number of carbonyl (C=O) groups excluding carboxylic acids is 2. The van der Waals surface area contributed by atoms with Crippen LogP contribution in [-0.4, -0.2) is 67.5 Å². The number of nitrogens with zero attached hydrogens (tertiary/aromatic N) is 3. The van der Waals surface area contributed by atoms with Crippen molar-refractivity contribution in [2.24, 2.45) is 5.92 Å². The van der Waals surface area contributed by atoms with Crippen molar-refractivity contribution in [3.8, 4) is 5.75 Å². The highest BCUT2D eigenvalue weighted by molar-refractivity contribution is 6.33. The molecule has 0 aliphatic carbocycles. The largest absolute Gasteiger partial charge is 0.434 e. The lowest BCUT2D eigenvalue weighted by Gasteiger charge is -2.40. The van der Waals surface area contributed by atoms with E-state index in [4.69, 9.17) is 11.6 Å². The summed E-state index contributed by atoms with van der Waals surface area (Å²) in [6, 6.07) is 13.6. The third-order valence-electron chi connectivity index (χ3n) is 6.18. The molecule has 0 radical (unpaired) electrons. The van der Waals surface area contributed by atoms with Crippen LogP contribution in [-0.2, 0) is 4.79 Å². The fraction of sp³-hybridized carbons (Fsp3) is 0.417. The Balaban J connectivity index is 1.38. The van der Waals surface area contributed by atoms with Crippen LogP contribution in [0, 0.1) is 5.92 Å². The summed E-state index contributed by atoms with van der Waals surface area (Å²) in [4.78, 5) is 31.8. The first-order valence-electron chi connectivity index (χ1n) is 11.1. The summed E-state index contributed by atoms with van der Waals surface area (Å²) in [6.45, 7) is 0.266. The van der Waals surface area contributed by atoms with E-state index in [-0.39, 0.29) is 29.7 Å². The molecule has 0 bridgehead atoms. The van der Waals surface area contributed by atoms with E-state index in [1.54, 1.807) is 17.0 Å². The van der Waals surface area contributed by atoms with Crippen LogP contribution in [0.3, 0.4) is 0 Å². The molecule has 0 saturated carbocycles. The van der Waals surface area contributed by atoms with Crippen molar-refractivity contribution < 1.29 is 23.1 Å². The highest BCUT2D eigenvalue weighted by Crippen LogP contribution is 2.28. The Labute approximate surface area is 196 Å². The van der Waals surface area contributed by atoms with Crippen molar-refractivity contribution in [1.82, 2.24) is 9.80 Å². The molecule has 2 aromatic carbocycles. The number of halogens is 3. The molecule has 2 amide bonds. The number of rotatable bonds is 5. The van der Waals surface area contributed by atoms with Gasteiger partial charge in [0, 0.05) is 39.3 Å². The zero-order chi connectivity index (χ0) is 23.4. The fourth-order valence-corrected chi connectivity index (χ4v) is 4.76. The number of likely N-dealkylation sites (tertiary alicyclic amines) is 1. The number of hydrogen-bond donors (Lipinski definition) is 0. The van der Waals surface area contributed by atoms with Gasteiger partial charge in [0.2, 0.25) is 5.91 Å². The van der Waals surface area contributed by atoms with Crippen LogP contribution in [0.25, 0.3) is 0 Å². The van der Waals surface area contributed by atoms with Crippen LogP contribution < -0.4 is 9.64 Å². The number of piperazine rings is 1. The minimum Gasteiger partial charge on any atom is -0.434 e. The minimum absolute atomic E-state index is 0.0309. The number of ether oxygens (including phenoxy) is 1. The number of alkyl halides is 2. The van der Waals surface area contributed by atoms with E-state index in [1.165, 1.54) is 12.1 Å². The summed E-state index contributed by atoms with van der Waals surface area (Å²) in [6.07, 6.45) is 1.38. The second-order valence-electron chi connectivity index (χ2n) is 8.23. The first-order chi connectivity index (χ1) is 15.9. The maximum absolute atomic E-state index is 13.2. The van der Waals surface area contributed by atoms with Gasteiger partial charge in [0.25, 0.3) is 5.91 Å². The first-order valence-corrected chi connectivity index (χ1v) is 11.4. The Morgan fingerprint density at radius 1 is 0.939 bits per heavy atom. The Kier molecular flexibility index (Phi) is 7.33. The van der Waals surface area contributed by atoms with Crippen LogP contribution in [0.15, 0.2) is 48.5 Å². The van der Waals surface area contributed by atoms with E-state index in [2.05, 4.69) is 9.64 Å². The van der Waals surface area contributed by atoms with Gasteiger partial charge in [-0.2, -0.15) is 8.78 Å². The average Bonchev–Trinajstić information content (AvgIpc) is 2.84. The molecule has 176 valence electrons. The highest BCUT2D eigenvalue weighted by atomic mass is 35.5. The summed E-state index contributed by atoms with van der Waals surface area (Å²) in [5.74, 6) is -0.824. The van der Waals surface area contributed by atoms with Gasteiger partial charge in [-0.15, -0.1) is 0 Å². The summed E-state index contributed by atoms with van der Waals surface area (Å²) in [5.41, 5.74) is 1.05. The van der Waals surface area contributed by atoms with Gasteiger partial charge in [0.1, 0.15) is 5.75 Å². The van der Waals surface area contributed by atoms with Crippen LogP contribution in [0.4, 0.5) is 14.5 Å². The fourth-order valence-electron chi connectivity index (χ4n) is 4.51. The number of para-hydroxylation sites is 2. The number of benzene rings is 2. The minimum atomic E-state index is -3.01. The smallest absolute Gasteiger partial charge is 0.387 e. The monoisotopic (exact) mass is 477 g/mol. The maximum atomic E-state index is 13.2. The van der Waals surface area contributed by atoms with Crippen molar-refractivity contribution in [1.29, 1.82) is 0 Å². The molecule has 6 nitrogen and oxygen atoms in total. The molecule has 0 aromatic heterocycles. The molecule has 1 unspecified atom stereocenters.